The van der Waals surface area contributed by atoms with Crippen LogP contribution in [0.5, 0.6) is 0 Å². The second kappa shape index (κ2) is 4.91. The van der Waals surface area contributed by atoms with Gasteiger partial charge in [0.25, 0.3) is 0 Å². The van der Waals surface area contributed by atoms with Gasteiger partial charge in [-0.05, 0) is 19.1 Å². The van der Waals surface area contributed by atoms with Crippen LogP contribution in [0.15, 0.2) is 40.6 Å². The quantitative estimate of drug-likeness (QED) is 0.679. The average molecular weight is 216 g/mol. The molecule has 0 radical (unpaired) electrons. The molecule has 0 aliphatic heterocycles. The Labute approximate surface area is 85.8 Å². The monoisotopic (exact) mass is 216 g/mol. The first-order valence-corrected chi connectivity index (χ1v) is 4.50. The lowest BCUT2D eigenvalue weighted by Gasteiger charge is -2.08. The van der Waals surface area contributed by atoms with Crippen LogP contribution in [0.25, 0.3) is 0 Å². The van der Waals surface area contributed by atoms with E-state index in [1.54, 1.807) is 30.3 Å². The Hall–Kier alpha value is -1.39. The molecule has 1 unspecified atom stereocenters. The van der Waals surface area contributed by atoms with E-state index in [1.165, 1.54) is 6.92 Å². The molecular weight excluding hydrogens is 205 g/mol. The summed E-state index contributed by atoms with van der Waals surface area (Å²) in [6, 6.07) is 7.84. The van der Waals surface area contributed by atoms with E-state index in [0.717, 1.165) is 0 Å². The molecule has 0 N–H and O–H groups in total. The molecular formula is C10H11F3N2. The van der Waals surface area contributed by atoms with Crippen molar-refractivity contribution in [2.75, 3.05) is 0 Å². The Morgan fingerprint density at radius 2 is 1.80 bits per heavy atom. The lowest BCUT2D eigenvalue weighted by molar-refractivity contribution is -0.137. The maximum absolute atomic E-state index is 11.9. The molecule has 1 rings (SSSR count). The van der Waals surface area contributed by atoms with Gasteiger partial charge >= 0.3 is 6.18 Å². The molecule has 5 heteroatoms. The van der Waals surface area contributed by atoms with Gasteiger partial charge < -0.3 is 0 Å². The van der Waals surface area contributed by atoms with Crippen molar-refractivity contribution in [3.8, 4) is 0 Å². The predicted octanol–water partition coefficient (Wildman–Crippen LogP) is 4.11. The minimum Gasteiger partial charge on any atom is -0.185 e. The molecule has 0 saturated carbocycles. The van der Waals surface area contributed by atoms with E-state index in [0.29, 0.717) is 5.69 Å². The van der Waals surface area contributed by atoms with E-state index in [9.17, 15) is 13.2 Å². The van der Waals surface area contributed by atoms with Gasteiger partial charge in [-0.3, -0.25) is 0 Å². The molecule has 82 valence electrons. The fourth-order valence-corrected chi connectivity index (χ4v) is 1.04. The van der Waals surface area contributed by atoms with Crippen LogP contribution in [0.4, 0.5) is 18.9 Å². The topological polar surface area (TPSA) is 24.7 Å². The van der Waals surface area contributed by atoms with Crippen molar-refractivity contribution in [2.24, 2.45) is 10.2 Å². The Bertz CT molecular complexity index is 319. The van der Waals surface area contributed by atoms with Gasteiger partial charge in [-0.1, -0.05) is 18.2 Å². The maximum atomic E-state index is 11.9. The second-order valence-electron chi connectivity index (χ2n) is 3.22. The molecule has 0 bridgehead atoms. The van der Waals surface area contributed by atoms with Crippen LogP contribution in [0.1, 0.15) is 13.3 Å². The van der Waals surface area contributed by atoms with Crippen molar-refractivity contribution < 1.29 is 13.2 Å². The molecule has 1 aromatic carbocycles. The van der Waals surface area contributed by atoms with Crippen LogP contribution in [0.3, 0.4) is 0 Å². The third-order valence-corrected chi connectivity index (χ3v) is 1.65. The van der Waals surface area contributed by atoms with Crippen LogP contribution in [0, 0.1) is 0 Å². The molecule has 0 spiro atoms. The Kier molecular flexibility index (Phi) is 3.82. The fourth-order valence-electron chi connectivity index (χ4n) is 1.04. The van der Waals surface area contributed by atoms with Crippen LogP contribution >= 0.6 is 0 Å². The number of nitrogens with zero attached hydrogens (tertiary/aromatic N) is 2. The van der Waals surface area contributed by atoms with Gasteiger partial charge in [0.15, 0.2) is 0 Å². The molecule has 1 atom stereocenters. The van der Waals surface area contributed by atoms with Crippen molar-refractivity contribution in [1.29, 1.82) is 0 Å². The third kappa shape index (κ3) is 5.15. The number of halogens is 3. The van der Waals surface area contributed by atoms with Crippen molar-refractivity contribution >= 4 is 5.69 Å². The minimum absolute atomic E-state index is 0.562. The summed E-state index contributed by atoms with van der Waals surface area (Å²) in [6.45, 7) is 1.39. The molecule has 0 aromatic heterocycles. The van der Waals surface area contributed by atoms with Crippen molar-refractivity contribution in [1.82, 2.24) is 0 Å². The number of azo groups is 1. The lowest BCUT2D eigenvalue weighted by Crippen LogP contribution is -2.14. The van der Waals surface area contributed by atoms with Gasteiger partial charge in [-0.15, -0.1) is 0 Å². The number of hydrogen-bond acceptors (Lipinski definition) is 2. The smallest absolute Gasteiger partial charge is 0.185 e. The van der Waals surface area contributed by atoms with Gasteiger partial charge in [0.2, 0.25) is 0 Å². The molecule has 0 saturated heterocycles. The number of rotatable bonds is 3. The average Bonchev–Trinajstić information content (AvgIpc) is 2.14. The van der Waals surface area contributed by atoms with Crippen LogP contribution in [-0.4, -0.2) is 12.2 Å². The number of benzene rings is 1. The Morgan fingerprint density at radius 3 is 2.33 bits per heavy atom. The van der Waals surface area contributed by atoms with Gasteiger partial charge in [-0.2, -0.15) is 23.4 Å². The second-order valence-corrected chi connectivity index (χ2v) is 3.22. The molecule has 1 aromatic rings. The molecule has 0 aliphatic rings. The zero-order chi connectivity index (χ0) is 11.3. The van der Waals surface area contributed by atoms with E-state index in [1.807, 2.05) is 0 Å². The van der Waals surface area contributed by atoms with E-state index >= 15 is 0 Å². The van der Waals surface area contributed by atoms with Crippen molar-refractivity contribution in [3.63, 3.8) is 0 Å². The van der Waals surface area contributed by atoms with Crippen LogP contribution in [-0.2, 0) is 0 Å². The molecule has 0 fully saturated rings. The van der Waals surface area contributed by atoms with E-state index in [2.05, 4.69) is 10.2 Å². The van der Waals surface area contributed by atoms with E-state index < -0.39 is 18.6 Å². The Balaban J connectivity index is 2.52. The summed E-state index contributed by atoms with van der Waals surface area (Å²) >= 11 is 0. The summed E-state index contributed by atoms with van der Waals surface area (Å²) in [6.07, 6.45) is -5.13. The van der Waals surface area contributed by atoms with E-state index in [-0.39, 0.29) is 0 Å². The SMILES string of the molecule is CC(CC(F)(F)F)/N=N/c1ccccc1. The summed E-state index contributed by atoms with van der Waals surface area (Å²) in [7, 11) is 0. The maximum Gasteiger partial charge on any atom is 0.391 e. The lowest BCUT2D eigenvalue weighted by atomic mass is 10.2. The van der Waals surface area contributed by atoms with E-state index in [4.69, 9.17) is 0 Å². The first kappa shape index (κ1) is 11.7. The highest BCUT2D eigenvalue weighted by Crippen LogP contribution is 2.23. The first-order chi connectivity index (χ1) is 6.97. The summed E-state index contributed by atoms with van der Waals surface area (Å²) in [5, 5.41) is 7.30. The molecule has 0 amide bonds. The van der Waals surface area contributed by atoms with Gasteiger partial charge in [0.05, 0.1) is 18.2 Å². The van der Waals surface area contributed by atoms with Gasteiger partial charge in [-0.25, -0.2) is 0 Å². The van der Waals surface area contributed by atoms with Crippen molar-refractivity contribution in [2.45, 2.75) is 25.6 Å². The largest absolute Gasteiger partial charge is 0.391 e. The highest BCUT2D eigenvalue weighted by Gasteiger charge is 2.29. The molecule has 15 heavy (non-hydrogen) atoms. The van der Waals surface area contributed by atoms with Gasteiger partial charge in [0.1, 0.15) is 0 Å². The molecule has 0 aliphatic carbocycles. The first-order valence-electron chi connectivity index (χ1n) is 4.50. The third-order valence-electron chi connectivity index (χ3n) is 1.65. The number of hydrogen-bond donors (Lipinski definition) is 0. The minimum atomic E-state index is -4.19. The fraction of sp³-hybridized carbons (Fsp3) is 0.400. The Morgan fingerprint density at radius 1 is 1.20 bits per heavy atom. The van der Waals surface area contributed by atoms with Gasteiger partial charge in [0, 0.05) is 0 Å². The highest BCUT2D eigenvalue weighted by atomic mass is 19.4. The summed E-state index contributed by atoms with van der Waals surface area (Å²) in [5.74, 6) is 0. The highest BCUT2D eigenvalue weighted by molar-refractivity contribution is 5.34. The van der Waals surface area contributed by atoms with Crippen LogP contribution < -0.4 is 0 Å². The number of alkyl halides is 3. The predicted molar refractivity (Wildman–Crippen MR) is 51.1 cm³/mol. The zero-order valence-electron chi connectivity index (χ0n) is 8.20. The zero-order valence-corrected chi connectivity index (χ0v) is 8.20. The summed E-state index contributed by atoms with van der Waals surface area (Å²) in [4.78, 5) is 0. The normalized spacial score (nSPS) is 14.4. The summed E-state index contributed by atoms with van der Waals surface area (Å²) < 4.78 is 35.8. The molecule has 0 heterocycles. The standard InChI is InChI=1S/C10H11F3N2/c1-8(7-10(11,12)13)14-15-9-5-3-2-4-6-9/h2-6,8H,7H2,1H3/b15-14+. The molecule has 2 nitrogen and oxygen atoms in total. The van der Waals surface area contributed by atoms with Crippen LogP contribution in [0.2, 0.25) is 0 Å². The van der Waals surface area contributed by atoms with Crippen molar-refractivity contribution in [3.05, 3.63) is 30.3 Å². The summed E-state index contributed by atoms with van der Waals surface area (Å²) in [5.41, 5.74) is 0.562.